The third kappa shape index (κ3) is 11.1. The van der Waals surface area contributed by atoms with Crippen LogP contribution in [0.2, 0.25) is 0 Å². The Hall–Kier alpha value is 1.40. The zero-order valence-electron chi connectivity index (χ0n) is 6.85. The molecule has 0 rings (SSSR count). The summed E-state index contributed by atoms with van der Waals surface area (Å²) >= 11 is 0. The molecule has 0 saturated carbocycles. The molecule has 0 radical (unpaired) electrons. The summed E-state index contributed by atoms with van der Waals surface area (Å²) in [4.78, 5) is 0. The molecule has 1 atom stereocenters. The van der Waals surface area contributed by atoms with Crippen LogP contribution in [0, 0.1) is 0 Å². The van der Waals surface area contributed by atoms with Gasteiger partial charge in [0.15, 0.2) is 6.29 Å². The molecular formula is C4H12O2Sr. The van der Waals surface area contributed by atoms with E-state index in [4.69, 9.17) is 5.11 Å². The monoisotopic (exact) mass is 180 g/mol. The molecule has 0 aliphatic carbocycles. The first kappa shape index (κ1) is 11.2. The fourth-order valence-electron chi connectivity index (χ4n) is 0.241. The number of aliphatic hydroxyl groups is 1. The maximum absolute atomic E-state index is 8.33. The predicted molar refractivity (Wildman–Crippen MR) is 31.3 cm³/mol. The predicted octanol–water partition coefficient (Wildman–Crippen LogP) is 0.205. The third-order valence-electron chi connectivity index (χ3n) is 0.408. The van der Waals surface area contributed by atoms with Crippen LogP contribution < -0.4 is 0 Å². The molecule has 3 heteroatoms. The minimum absolute atomic E-state index is 0. The van der Waals surface area contributed by atoms with Crippen LogP contribution in [0.5, 0.6) is 0 Å². The maximum atomic E-state index is 8.33. The summed E-state index contributed by atoms with van der Waals surface area (Å²) in [6.45, 7) is 4.01. The van der Waals surface area contributed by atoms with E-state index in [1.165, 1.54) is 0 Å². The standard InChI is InChI=1S/C4H10O2.Sr.2H/c1-3-6-4(2)5;;;/h4-5H,3H2,1-2H3;;;/q;+2;2*-1. The summed E-state index contributed by atoms with van der Waals surface area (Å²) in [5.41, 5.74) is 0. The summed E-state index contributed by atoms with van der Waals surface area (Å²) in [5, 5.41) is 8.33. The van der Waals surface area contributed by atoms with Crippen LogP contribution in [0.25, 0.3) is 0 Å². The second kappa shape index (κ2) is 7.40. The Bertz CT molecular complexity index is 37.7. The Morgan fingerprint density at radius 1 is 1.86 bits per heavy atom. The molecule has 0 aromatic heterocycles. The topological polar surface area (TPSA) is 29.5 Å². The van der Waals surface area contributed by atoms with Crippen molar-refractivity contribution >= 4 is 45.5 Å². The molecule has 0 saturated heterocycles. The van der Waals surface area contributed by atoms with Crippen LogP contribution >= 0.6 is 0 Å². The van der Waals surface area contributed by atoms with Gasteiger partial charge in [0, 0.05) is 6.61 Å². The fourth-order valence-corrected chi connectivity index (χ4v) is 0.241. The van der Waals surface area contributed by atoms with Gasteiger partial charge in [-0.05, 0) is 13.8 Å². The Balaban J connectivity index is -0.0000000417. The van der Waals surface area contributed by atoms with Gasteiger partial charge in [0.25, 0.3) is 0 Å². The van der Waals surface area contributed by atoms with E-state index in [1.54, 1.807) is 6.92 Å². The van der Waals surface area contributed by atoms with E-state index in [9.17, 15) is 0 Å². The van der Waals surface area contributed by atoms with E-state index in [0.717, 1.165) is 0 Å². The Kier molecular flexibility index (Phi) is 11.9. The summed E-state index contributed by atoms with van der Waals surface area (Å²) in [5.74, 6) is 0. The smallest absolute Gasteiger partial charge is 1.00 e. The largest absolute Gasteiger partial charge is 2.00 e. The van der Waals surface area contributed by atoms with Crippen LogP contribution in [-0.4, -0.2) is 63.5 Å². The summed E-state index contributed by atoms with van der Waals surface area (Å²) in [6, 6.07) is 0. The average molecular weight is 180 g/mol. The minimum atomic E-state index is -0.602. The molecule has 42 valence electrons. The van der Waals surface area contributed by atoms with Gasteiger partial charge in [-0.2, -0.15) is 0 Å². The summed E-state index contributed by atoms with van der Waals surface area (Å²) in [7, 11) is 0. The molecule has 1 N–H and O–H groups in total. The van der Waals surface area contributed by atoms with E-state index in [2.05, 4.69) is 4.74 Å². The third-order valence-corrected chi connectivity index (χ3v) is 0.408. The van der Waals surface area contributed by atoms with E-state index < -0.39 is 6.29 Å². The number of ether oxygens (including phenoxy) is 1. The van der Waals surface area contributed by atoms with Crippen molar-refractivity contribution in [2.24, 2.45) is 0 Å². The summed E-state index contributed by atoms with van der Waals surface area (Å²) in [6.07, 6.45) is -0.602. The molecule has 0 amide bonds. The van der Waals surface area contributed by atoms with E-state index in [-0.39, 0.29) is 48.3 Å². The van der Waals surface area contributed by atoms with Crippen molar-refractivity contribution in [3.63, 3.8) is 0 Å². The van der Waals surface area contributed by atoms with Gasteiger partial charge in [-0.1, -0.05) is 0 Å². The Morgan fingerprint density at radius 3 is 2.29 bits per heavy atom. The first-order valence-corrected chi connectivity index (χ1v) is 2.07. The van der Waals surface area contributed by atoms with Gasteiger partial charge in [-0.25, -0.2) is 0 Å². The van der Waals surface area contributed by atoms with Gasteiger partial charge in [0.05, 0.1) is 0 Å². The molecule has 0 aliphatic rings. The molecule has 0 aliphatic heterocycles. The Labute approximate surface area is 84.1 Å². The molecule has 0 bridgehead atoms. The Morgan fingerprint density at radius 2 is 2.29 bits per heavy atom. The van der Waals surface area contributed by atoms with Crippen LogP contribution in [-0.2, 0) is 4.74 Å². The normalized spacial score (nSPS) is 12.4. The van der Waals surface area contributed by atoms with Gasteiger partial charge < -0.3 is 12.7 Å². The molecule has 0 heterocycles. The average Bonchev–Trinajstić information content (AvgIpc) is 1.35. The molecule has 0 aromatic carbocycles. The van der Waals surface area contributed by atoms with Gasteiger partial charge in [0.1, 0.15) is 0 Å². The van der Waals surface area contributed by atoms with Gasteiger partial charge in [-0.15, -0.1) is 0 Å². The van der Waals surface area contributed by atoms with Crippen molar-refractivity contribution < 1.29 is 12.7 Å². The van der Waals surface area contributed by atoms with Crippen LogP contribution in [0.15, 0.2) is 0 Å². The van der Waals surface area contributed by atoms with E-state index >= 15 is 0 Å². The van der Waals surface area contributed by atoms with Gasteiger partial charge >= 0.3 is 45.5 Å². The SMILES string of the molecule is CCOC(C)O.[H-].[H-].[Sr+2]. The van der Waals surface area contributed by atoms with Crippen molar-refractivity contribution in [2.45, 2.75) is 20.1 Å². The quantitative estimate of drug-likeness (QED) is 0.485. The van der Waals surface area contributed by atoms with Crippen molar-refractivity contribution in [1.29, 1.82) is 0 Å². The van der Waals surface area contributed by atoms with Gasteiger partial charge in [-0.3, -0.25) is 0 Å². The first-order valence-electron chi connectivity index (χ1n) is 2.07. The van der Waals surface area contributed by atoms with Crippen LogP contribution in [0.1, 0.15) is 16.7 Å². The number of hydrogen-bond donors (Lipinski definition) is 1. The van der Waals surface area contributed by atoms with Crippen molar-refractivity contribution in [2.75, 3.05) is 6.61 Å². The molecule has 1 unspecified atom stereocenters. The number of aliphatic hydroxyl groups excluding tert-OH is 1. The van der Waals surface area contributed by atoms with E-state index in [1.807, 2.05) is 6.92 Å². The van der Waals surface area contributed by atoms with Gasteiger partial charge in [0.2, 0.25) is 0 Å². The van der Waals surface area contributed by atoms with Crippen molar-refractivity contribution in [3.05, 3.63) is 0 Å². The molecule has 0 spiro atoms. The molecule has 0 aromatic rings. The second-order valence-electron chi connectivity index (χ2n) is 1.05. The maximum Gasteiger partial charge on any atom is 2.00 e. The number of rotatable bonds is 2. The van der Waals surface area contributed by atoms with Crippen LogP contribution in [0.4, 0.5) is 0 Å². The minimum Gasteiger partial charge on any atom is -1.00 e. The second-order valence-corrected chi connectivity index (χ2v) is 1.05. The number of hydrogen-bond acceptors (Lipinski definition) is 2. The molecule has 7 heavy (non-hydrogen) atoms. The molecular weight excluding hydrogens is 168 g/mol. The van der Waals surface area contributed by atoms with Crippen molar-refractivity contribution in [3.8, 4) is 0 Å². The first-order chi connectivity index (χ1) is 2.77. The van der Waals surface area contributed by atoms with Crippen molar-refractivity contribution in [1.82, 2.24) is 0 Å². The zero-order chi connectivity index (χ0) is 4.99. The van der Waals surface area contributed by atoms with Crippen LogP contribution in [0.3, 0.4) is 0 Å². The van der Waals surface area contributed by atoms with E-state index in [0.29, 0.717) is 6.61 Å². The molecule has 0 fully saturated rings. The fraction of sp³-hybridized carbons (Fsp3) is 1.00. The molecule has 2 nitrogen and oxygen atoms in total. The summed E-state index contributed by atoms with van der Waals surface area (Å²) < 4.78 is 4.60. The zero-order valence-corrected chi connectivity index (χ0v) is 8.32.